The molecule has 150 valence electrons. The number of rotatable bonds is 9. The number of hydrogen-bond acceptors (Lipinski definition) is 5. The van der Waals surface area contributed by atoms with Gasteiger partial charge in [0.15, 0.2) is 0 Å². The van der Waals surface area contributed by atoms with E-state index in [0.717, 1.165) is 0 Å². The van der Waals surface area contributed by atoms with Crippen LogP contribution in [0.2, 0.25) is 0 Å². The summed E-state index contributed by atoms with van der Waals surface area (Å²) in [6, 6.07) is 7.22. The third kappa shape index (κ3) is 10.7. The van der Waals surface area contributed by atoms with Crippen molar-refractivity contribution in [3.05, 3.63) is 35.9 Å². The highest BCUT2D eigenvalue weighted by molar-refractivity contribution is 5.84. The Bertz CT molecular complexity index is 770. The monoisotopic (exact) mass is 383 g/mol. The van der Waals surface area contributed by atoms with Crippen LogP contribution in [-0.2, 0) is 20.9 Å². The Kier molecular flexibility index (Phi) is 6.72. The molecule has 8 heteroatoms. The first-order valence-electron chi connectivity index (χ1n) is 10.4. The van der Waals surface area contributed by atoms with Crippen LogP contribution in [0.25, 0.3) is 0 Å². The summed E-state index contributed by atoms with van der Waals surface area (Å²) >= 11 is 0. The summed E-state index contributed by atoms with van der Waals surface area (Å²) < 4.78 is 42.1. The molecule has 1 aromatic rings. The second-order valence-corrected chi connectivity index (χ2v) is 6.57. The first-order valence-corrected chi connectivity index (χ1v) is 8.36. The van der Waals surface area contributed by atoms with Crippen molar-refractivity contribution in [3.8, 4) is 0 Å². The van der Waals surface area contributed by atoms with Crippen molar-refractivity contribution >= 4 is 18.1 Å². The van der Waals surface area contributed by atoms with Gasteiger partial charge in [0.25, 0.3) is 0 Å². The second kappa shape index (κ2) is 11.1. The van der Waals surface area contributed by atoms with Gasteiger partial charge < -0.3 is 25.8 Å². The maximum Gasteiger partial charge on any atom is 0.408 e. The zero-order chi connectivity index (χ0) is 23.9. The van der Waals surface area contributed by atoms with E-state index in [1.165, 1.54) is 0 Å². The van der Waals surface area contributed by atoms with Gasteiger partial charge in [-0.2, -0.15) is 0 Å². The van der Waals surface area contributed by atoms with E-state index in [0.29, 0.717) is 5.56 Å². The lowest BCUT2D eigenvalue weighted by Gasteiger charge is -2.19. The maximum atomic E-state index is 12.0. The van der Waals surface area contributed by atoms with Crippen LogP contribution in [0.15, 0.2) is 30.3 Å². The number of nitrogens with two attached hydrogens (primary N) is 1. The first-order chi connectivity index (χ1) is 14.1. The predicted molar refractivity (Wildman–Crippen MR) is 101 cm³/mol. The van der Waals surface area contributed by atoms with Crippen molar-refractivity contribution in [2.24, 2.45) is 5.73 Å². The number of hydrogen-bond donors (Lipinski definition) is 3. The van der Waals surface area contributed by atoms with Crippen molar-refractivity contribution in [2.45, 2.75) is 58.2 Å². The molecule has 0 fully saturated rings. The van der Waals surface area contributed by atoms with Gasteiger partial charge in [0, 0.05) is 12.0 Å². The van der Waals surface area contributed by atoms with Crippen LogP contribution >= 0.6 is 0 Å². The van der Waals surface area contributed by atoms with Crippen molar-refractivity contribution in [3.63, 3.8) is 0 Å². The normalized spacial score (nSPS) is 15.2. The van der Waals surface area contributed by atoms with Gasteiger partial charge in [-0.05, 0) is 45.5 Å². The summed E-state index contributed by atoms with van der Waals surface area (Å²) in [4.78, 5) is 35.4. The Morgan fingerprint density at radius 3 is 2.41 bits per heavy atom. The van der Waals surface area contributed by atoms with Crippen LogP contribution in [0.1, 0.15) is 51.0 Å². The average molecular weight is 383 g/mol. The van der Waals surface area contributed by atoms with Crippen LogP contribution in [0.3, 0.4) is 0 Å². The van der Waals surface area contributed by atoms with Crippen LogP contribution in [-0.4, -0.2) is 36.3 Å². The molecule has 0 saturated carbocycles. The lowest BCUT2D eigenvalue weighted by molar-refractivity contribution is -0.120. The first kappa shape index (κ1) is 16.4. The number of primary amides is 1. The summed E-state index contributed by atoms with van der Waals surface area (Å²) in [5, 5.41) is 4.32. The molecule has 0 aliphatic rings. The lowest BCUT2D eigenvalue weighted by Crippen LogP contribution is -2.44. The largest absolute Gasteiger partial charge is 0.445 e. The Morgan fingerprint density at radius 2 is 1.81 bits per heavy atom. The fraction of sp³-hybridized carbons (Fsp3) is 0.526. The molecule has 0 heterocycles. The molecule has 3 amide bonds. The fourth-order valence-electron chi connectivity index (χ4n) is 1.80. The number of carbonyl (C=O) groups excluding carboxylic acids is 3. The lowest BCUT2D eigenvalue weighted by atomic mass is 10.1. The molecule has 0 aliphatic heterocycles. The molecule has 1 rings (SSSR count). The van der Waals surface area contributed by atoms with E-state index >= 15 is 0 Å². The van der Waals surface area contributed by atoms with E-state index in [9.17, 15) is 14.4 Å². The average Bonchev–Trinajstić information content (AvgIpc) is 2.63. The molecule has 0 aliphatic carbocycles. The van der Waals surface area contributed by atoms with Gasteiger partial charge in [-0.1, -0.05) is 30.3 Å². The van der Waals surface area contributed by atoms with E-state index in [-0.39, 0.29) is 6.61 Å². The summed E-state index contributed by atoms with van der Waals surface area (Å²) in [7, 11) is 0. The minimum Gasteiger partial charge on any atom is -0.445 e. The highest BCUT2D eigenvalue weighted by Crippen LogP contribution is 2.07. The minimum atomic E-state index is -2.64. The van der Waals surface area contributed by atoms with Crippen LogP contribution in [0, 0.1) is 0 Å². The molecule has 27 heavy (non-hydrogen) atoms. The Hall–Kier alpha value is -2.77. The van der Waals surface area contributed by atoms with E-state index < -0.39 is 55.4 Å². The number of carbonyl (C=O) groups is 3. The number of nitrogens with one attached hydrogen (secondary N) is 2. The molecule has 8 nitrogen and oxygen atoms in total. The Labute approximate surface area is 165 Å². The van der Waals surface area contributed by atoms with Crippen LogP contribution in [0.5, 0.6) is 0 Å². The highest BCUT2D eigenvalue weighted by Gasteiger charge is 2.19. The third-order valence-corrected chi connectivity index (χ3v) is 3.00. The summed E-state index contributed by atoms with van der Waals surface area (Å²) in [6.07, 6.45) is -7.94. The standard InChI is InChI=1S/C19H29N3O5/c1-19(2,3)27-17(24)21-12-8-7-11-15(16(20)23)22-18(25)26-13-14-9-5-4-6-10-14/h4-6,9-10,15H,7-8,11-13H2,1-3H3,(H2,20,23)(H,21,24)(H,22,25)/t15-/m0/s1/i7D2,8D2. The third-order valence-electron chi connectivity index (χ3n) is 3.00. The van der Waals surface area contributed by atoms with Crippen LogP contribution in [0.4, 0.5) is 9.59 Å². The second-order valence-electron chi connectivity index (χ2n) is 6.57. The van der Waals surface area contributed by atoms with E-state index in [1.807, 2.05) is 0 Å². The van der Waals surface area contributed by atoms with Gasteiger partial charge in [-0.3, -0.25) is 4.79 Å². The highest BCUT2D eigenvalue weighted by atomic mass is 16.6. The quantitative estimate of drug-likeness (QED) is 0.605. The number of alkyl carbamates (subject to hydrolysis) is 2. The summed E-state index contributed by atoms with van der Waals surface area (Å²) in [5.41, 5.74) is 5.14. The van der Waals surface area contributed by atoms with E-state index in [2.05, 4.69) is 10.6 Å². The molecule has 0 bridgehead atoms. The predicted octanol–water partition coefficient (Wildman–Crippen LogP) is 2.46. The molecule has 0 saturated heterocycles. The maximum absolute atomic E-state index is 12.0. The molecule has 0 unspecified atom stereocenters. The number of ether oxygens (including phenoxy) is 2. The molecule has 4 N–H and O–H groups in total. The van der Waals surface area contributed by atoms with Gasteiger partial charge >= 0.3 is 12.2 Å². The summed E-state index contributed by atoms with van der Waals surface area (Å²) in [5.74, 6) is -1.06. The van der Waals surface area contributed by atoms with E-state index in [4.69, 9.17) is 20.7 Å². The van der Waals surface area contributed by atoms with Gasteiger partial charge in [0.1, 0.15) is 18.2 Å². The molecule has 0 aromatic heterocycles. The molecule has 0 spiro atoms. The topological polar surface area (TPSA) is 120 Å². The summed E-state index contributed by atoms with van der Waals surface area (Å²) in [6.45, 7) is 4.08. The van der Waals surface area contributed by atoms with Crippen molar-refractivity contribution < 1.29 is 29.3 Å². The SMILES string of the molecule is [2H]C([2H])(CNC(=O)OC(C)(C)C)C([2H])([2H])C[C@H](NC(=O)OCc1ccccc1)C(N)=O. The smallest absolute Gasteiger partial charge is 0.408 e. The van der Waals surface area contributed by atoms with Crippen molar-refractivity contribution in [2.75, 3.05) is 6.54 Å². The van der Waals surface area contributed by atoms with Gasteiger partial charge in [-0.25, -0.2) is 9.59 Å². The van der Waals surface area contributed by atoms with Gasteiger partial charge in [-0.15, -0.1) is 0 Å². The van der Waals surface area contributed by atoms with Gasteiger partial charge in [0.2, 0.25) is 5.91 Å². The number of benzene rings is 1. The molecule has 0 radical (unpaired) electrons. The number of amides is 3. The van der Waals surface area contributed by atoms with Gasteiger partial charge in [0.05, 0.1) is 0 Å². The zero-order valence-electron chi connectivity index (χ0n) is 19.7. The molecular weight excluding hydrogens is 350 g/mol. The van der Waals surface area contributed by atoms with E-state index in [1.54, 1.807) is 51.1 Å². The van der Waals surface area contributed by atoms with Crippen LogP contribution < -0.4 is 16.4 Å². The Morgan fingerprint density at radius 1 is 1.15 bits per heavy atom. The van der Waals surface area contributed by atoms with Crippen molar-refractivity contribution in [1.29, 1.82) is 0 Å². The molecule has 1 aromatic carbocycles. The molecule has 1 atom stereocenters. The zero-order valence-corrected chi connectivity index (χ0v) is 15.7. The molecular formula is C19H29N3O5. The minimum absolute atomic E-state index is 0.0777. The Balaban J connectivity index is 2.70. The fourth-order valence-corrected chi connectivity index (χ4v) is 1.80. The van der Waals surface area contributed by atoms with Crippen molar-refractivity contribution in [1.82, 2.24) is 10.6 Å².